The van der Waals surface area contributed by atoms with E-state index in [1.165, 1.54) is 5.56 Å². The molecule has 0 amide bonds. The van der Waals surface area contributed by atoms with Gasteiger partial charge in [-0.05, 0) is 55.9 Å². The zero-order valence-corrected chi connectivity index (χ0v) is 18.5. The maximum absolute atomic E-state index is 13.6. The summed E-state index contributed by atoms with van der Waals surface area (Å²) in [4.78, 5) is 13.6. The van der Waals surface area contributed by atoms with E-state index in [4.69, 9.17) is 9.84 Å². The number of ether oxygens (including phenoxy) is 1. The highest BCUT2D eigenvalue weighted by Crippen LogP contribution is 2.47. The molecule has 0 bridgehead atoms. The zero-order valence-electron chi connectivity index (χ0n) is 18.5. The van der Waals surface area contributed by atoms with Crippen molar-refractivity contribution >= 4 is 5.91 Å². The molecular formula is C26H30N2O2. The number of methoxy groups -OCH3 is 1. The van der Waals surface area contributed by atoms with Gasteiger partial charge in [0.25, 0.3) is 5.91 Å². The quantitative estimate of drug-likeness (QED) is 0.522. The van der Waals surface area contributed by atoms with Gasteiger partial charge in [-0.2, -0.15) is 9.78 Å². The first-order valence-electron chi connectivity index (χ1n) is 10.8. The van der Waals surface area contributed by atoms with Crippen LogP contribution < -0.4 is 4.74 Å². The number of carbonyl (C=O) groups excluding carboxylic acids is 1. The Hall–Kier alpha value is -2.88. The lowest BCUT2D eigenvalue weighted by atomic mass is 9.75. The minimum absolute atomic E-state index is 0.0628. The summed E-state index contributed by atoms with van der Waals surface area (Å²) in [5, 5.41) is 4.94. The first-order chi connectivity index (χ1) is 14.4. The van der Waals surface area contributed by atoms with Crippen molar-refractivity contribution in [3.63, 3.8) is 0 Å². The van der Waals surface area contributed by atoms with Gasteiger partial charge < -0.3 is 4.74 Å². The number of aryl methyl sites for hydroxylation is 1. The molecule has 0 unspecified atom stereocenters. The maximum Gasteiger partial charge on any atom is 0.278 e. The molecule has 1 heterocycles. The van der Waals surface area contributed by atoms with Crippen LogP contribution in [0.1, 0.15) is 72.6 Å². The third-order valence-electron chi connectivity index (χ3n) is 6.37. The van der Waals surface area contributed by atoms with Crippen molar-refractivity contribution in [2.45, 2.75) is 52.4 Å². The number of nitrogens with zero attached hydrogens (tertiary/aromatic N) is 2. The molecule has 3 aromatic rings. The van der Waals surface area contributed by atoms with Crippen LogP contribution in [-0.2, 0) is 0 Å². The maximum atomic E-state index is 13.6. The number of benzene rings is 2. The summed E-state index contributed by atoms with van der Waals surface area (Å²) in [6.07, 6.45) is 2.17. The topological polar surface area (TPSA) is 44.1 Å². The molecule has 0 aliphatic heterocycles. The molecule has 0 saturated carbocycles. The lowest BCUT2D eigenvalue weighted by molar-refractivity contribution is 0.0937. The number of fused-ring (bicyclic) bond motifs is 1. The summed E-state index contributed by atoms with van der Waals surface area (Å²) in [5.41, 5.74) is 5.90. The molecule has 30 heavy (non-hydrogen) atoms. The van der Waals surface area contributed by atoms with E-state index in [-0.39, 0.29) is 5.91 Å². The fourth-order valence-electron chi connectivity index (χ4n) is 4.66. The highest BCUT2D eigenvalue weighted by atomic mass is 16.5. The van der Waals surface area contributed by atoms with Crippen LogP contribution >= 0.6 is 0 Å². The summed E-state index contributed by atoms with van der Waals surface area (Å²) in [7, 11) is 1.68. The standard InChI is InChI=1S/C26H30N2O2/c1-16(2)20-15-12-18(4)23-24(21-8-6-7-9-22(21)30-5)27-28(25(20)23)26(29)19-13-10-17(3)11-14-19/h6-11,13-14,16,18,20H,12,15H2,1-5H3/t18-,20+/m1/s1. The number of aromatic nitrogens is 2. The van der Waals surface area contributed by atoms with Crippen molar-refractivity contribution < 1.29 is 9.53 Å². The van der Waals surface area contributed by atoms with Gasteiger partial charge in [0, 0.05) is 22.6 Å². The third kappa shape index (κ3) is 3.45. The van der Waals surface area contributed by atoms with Gasteiger partial charge in [0.15, 0.2) is 0 Å². The highest BCUT2D eigenvalue weighted by Gasteiger charge is 2.36. The van der Waals surface area contributed by atoms with Crippen LogP contribution in [0.5, 0.6) is 5.75 Å². The molecule has 0 saturated heterocycles. The molecular weight excluding hydrogens is 372 g/mol. The van der Waals surface area contributed by atoms with E-state index in [9.17, 15) is 4.79 Å². The van der Waals surface area contributed by atoms with E-state index in [1.807, 2.05) is 55.5 Å². The van der Waals surface area contributed by atoms with Crippen molar-refractivity contribution in [3.05, 3.63) is 70.9 Å². The smallest absolute Gasteiger partial charge is 0.278 e. The van der Waals surface area contributed by atoms with Crippen molar-refractivity contribution in [1.29, 1.82) is 0 Å². The second-order valence-corrected chi connectivity index (χ2v) is 8.76. The largest absolute Gasteiger partial charge is 0.496 e. The summed E-state index contributed by atoms with van der Waals surface area (Å²) in [6.45, 7) is 8.75. The Kier molecular flexibility index (Phi) is 5.50. The molecule has 4 rings (SSSR count). The van der Waals surface area contributed by atoms with Gasteiger partial charge in [0.2, 0.25) is 0 Å². The SMILES string of the molecule is COc1ccccc1-c1nn(C(=O)c2ccc(C)cc2)c2c1[C@H](C)CC[C@H]2C(C)C. The molecule has 1 aliphatic carbocycles. The second kappa shape index (κ2) is 8.10. The molecule has 4 heteroatoms. The molecule has 0 N–H and O–H groups in total. The Morgan fingerprint density at radius 1 is 1.10 bits per heavy atom. The molecule has 0 spiro atoms. The van der Waals surface area contributed by atoms with E-state index >= 15 is 0 Å². The molecule has 1 aliphatic rings. The normalized spacial score (nSPS) is 18.3. The van der Waals surface area contributed by atoms with Gasteiger partial charge >= 0.3 is 0 Å². The Morgan fingerprint density at radius 2 is 1.80 bits per heavy atom. The Bertz CT molecular complexity index is 1060. The van der Waals surface area contributed by atoms with Crippen LogP contribution in [0.15, 0.2) is 48.5 Å². The summed E-state index contributed by atoms with van der Waals surface area (Å²) in [6, 6.07) is 15.7. The predicted octanol–water partition coefficient (Wildman–Crippen LogP) is 6.19. The number of para-hydroxylation sites is 1. The van der Waals surface area contributed by atoms with Gasteiger partial charge in [0.05, 0.1) is 12.8 Å². The average Bonchev–Trinajstić information content (AvgIpc) is 3.15. The summed E-state index contributed by atoms with van der Waals surface area (Å²) < 4.78 is 7.32. The Balaban J connectivity index is 1.96. The summed E-state index contributed by atoms with van der Waals surface area (Å²) in [5.74, 6) is 1.80. The Morgan fingerprint density at radius 3 is 2.47 bits per heavy atom. The second-order valence-electron chi connectivity index (χ2n) is 8.76. The fourth-order valence-corrected chi connectivity index (χ4v) is 4.66. The Labute approximate surface area is 178 Å². The van der Waals surface area contributed by atoms with Crippen LogP contribution in [0.3, 0.4) is 0 Å². The van der Waals surface area contributed by atoms with E-state index < -0.39 is 0 Å². The highest BCUT2D eigenvalue weighted by molar-refractivity contribution is 5.96. The van der Waals surface area contributed by atoms with Gasteiger partial charge in [-0.15, -0.1) is 0 Å². The molecule has 2 aromatic carbocycles. The zero-order chi connectivity index (χ0) is 21.4. The van der Waals surface area contributed by atoms with Gasteiger partial charge in [-0.3, -0.25) is 4.79 Å². The first-order valence-corrected chi connectivity index (χ1v) is 10.8. The van der Waals surface area contributed by atoms with Gasteiger partial charge in [0.1, 0.15) is 11.4 Å². The fraction of sp³-hybridized carbons (Fsp3) is 0.385. The van der Waals surface area contributed by atoms with Crippen molar-refractivity contribution in [1.82, 2.24) is 9.78 Å². The molecule has 2 atom stereocenters. The van der Waals surface area contributed by atoms with Crippen molar-refractivity contribution in [2.24, 2.45) is 5.92 Å². The van der Waals surface area contributed by atoms with Crippen LogP contribution in [0.4, 0.5) is 0 Å². The number of hydrogen-bond acceptors (Lipinski definition) is 3. The minimum Gasteiger partial charge on any atom is -0.496 e. The van der Waals surface area contributed by atoms with E-state index in [2.05, 4.69) is 20.8 Å². The van der Waals surface area contributed by atoms with Gasteiger partial charge in [-0.1, -0.05) is 50.6 Å². The van der Waals surface area contributed by atoms with Crippen molar-refractivity contribution in [3.8, 4) is 17.0 Å². The van der Waals surface area contributed by atoms with Crippen LogP contribution in [-0.4, -0.2) is 22.8 Å². The monoisotopic (exact) mass is 402 g/mol. The lowest BCUT2D eigenvalue weighted by Crippen LogP contribution is -2.24. The molecule has 156 valence electrons. The van der Waals surface area contributed by atoms with E-state index in [0.29, 0.717) is 23.3 Å². The van der Waals surface area contributed by atoms with E-state index in [0.717, 1.165) is 41.1 Å². The van der Waals surface area contributed by atoms with Crippen LogP contribution in [0.25, 0.3) is 11.3 Å². The van der Waals surface area contributed by atoms with Crippen LogP contribution in [0.2, 0.25) is 0 Å². The minimum atomic E-state index is -0.0628. The van der Waals surface area contributed by atoms with Gasteiger partial charge in [-0.25, -0.2) is 0 Å². The predicted molar refractivity (Wildman–Crippen MR) is 120 cm³/mol. The molecule has 0 fully saturated rings. The first kappa shape index (κ1) is 20.4. The number of carbonyl (C=O) groups is 1. The summed E-state index contributed by atoms with van der Waals surface area (Å²) >= 11 is 0. The average molecular weight is 403 g/mol. The number of rotatable bonds is 4. The van der Waals surface area contributed by atoms with Crippen LogP contribution in [0, 0.1) is 12.8 Å². The number of hydrogen-bond donors (Lipinski definition) is 0. The van der Waals surface area contributed by atoms with E-state index in [1.54, 1.807) is 11.8 Å². The lowest BCUT2D eigenvalue weighted by Gasteiger charge is -2.30. The third-order valence-corrected chi connectivity index (χ3v) is 6.37. The van der Waals surface area contributed by atoms with Crippen molar-refractivity contribution in [2.75, 3.05) is 7.11 Å². The molecule has 4 nitrogen and oxygen atoms in total. The molecule has 1 aromatic heterocycles. The molecule has 0 radical (unpaired) electrons.